The van der Waals surface area contributed by atoms with Crippen molar-refractivity contribution in [1.82, 2.24) is 14.5 Å². The summed E-state index contributed by atoms with van der Waals surface area (Å²) in [6.45, 7) is 4.16. The molecule has 4 rings (SSSR count). The first-order valence-corrected chi connectivity index (χ1v) is 10.3. The van der Waals surface area contributed by atoms with E-state index in [1.807, 2.05) is 42.5 Å². The highest BCUT2D eigenvalue weighted by Crippen LogP contribution is 2.27. The number of carbonyl (C=O) groups is 1. The number of aromatic nitrogens is 2. The second-order valence-corrected chi connectivity index (χ2v) is 8.34. The Morgan fingerprint density at radius 2 is 1.73 bits per heavy atom. The molecule has 1 saturated heterocycles. The standard InChI is InChI=1S/C23H27N3O4/c1-23(2,29)20(30-17-8-4-3-5-9-17)21(27)25-14-12-16(13-15-25)26-19-11-7-6-10-18(19)24-22(26)28/h3-11,16,20,29H,12-15H2,1-2H3,(H,24,28). The molecule has 1 aromatic heterocycles. The van der Waals surface area contributed by atoms with Crippen LogP contribution in [-0.4, -0.2) is 50.3 Å². The Labute approximate surface area is 174 Å². The molecule has 0 bridgehead atoms. The minimum absolute atomic E-state index is 0.0216. The van der Waals surface area contributed by atoms with Crippen molar-refractivity contribution in [3.05, 3.63) is 65.1 Å². The lowest BCUT2D eigenvalue weighted by Gasteiger charge is -2.37. The largest absolute Gasteiger partial charge is 0.478 e. The van der Waals surface area contributed by atoms with Crippen LogP contribution >= 0.6 is 0 Å². The Balaban J connectivity index is 1.49. The zero-order valence-corrected chi connectivity index (χ0v) is 17.2. The van der Waals surface area contributed by atoms with Crippen molar-refractivity contribution in [2.24, 2.45) is 0 Å². The van der Waals surface area contributed by atoms with Gasteiger partial charge in [0.2, 0.25) is 6.10 Å². The van der Waals surface area contributed by atoms with Crippen molar-refractivity contribution in [1.29, 1.82) is 0 Å². The fourth-order valence-corrected chi connectivity index (χ4v) is 4.08. The summed E-state index contributed by atoms with van der Waals surface area (Å²) in [6, 6.07) is 16.7. The number of carbonyl (C=O) groups excluding carboxylic acids is 1. The molecular formula is C23H27N3O4. The molecule has 3 aromatic rings. The second-order valence-electron chi connectivity index (χ2n) is 8.34. The molecule has 158 valence electrons. The highest BCUT2D eigenvalue weighted by Gasteiger charge is 2.39. The van der Waals surface area contributed by atoms with Crippen molar-refractivity contribution in [2.45, 2.75) is 44.4 Å². The molecule has 1 atom stereocenters. The van der Waals surface area contributed by atoms with Crippen LogP contribution in [0.1, 0.15) is 32.7 Å². The molecule has 2 aromatic carbocycles. The van der Waals surface area contributed by atoms with Gasteiger partial charge in [-0.2, -0.15) is 0 Å². The summed E-state index contributed by atoms with van der Waals surface area (Å²) in [5, 5.41) is 10.6. The number of para-hydroxylation sites is 3. The predicted molar refractivity (Wildman–Crippen MR) is 115 cm³/mol. The van der Waals surface area contributed by atoms with E-state index in [4.69, 9.17) is 4.74 Å². The third-order valence-electron chi connectivity index (χ3n) is 5.63. The van der Waals surface area contributed by atoms with Gasteiger partial charge < -0.3 is 19.7 Å². The smallest absolute Gasteiger partial charge is 0.326 e. The van der Waals surface area contributed by atoms with Gasteiger partial charge in [-0.05, 0) is 51.0 Å². The Morgan fingerprint density at radius 1 is 1.10 bits per heavy atom. The van der Waals surface area contributed by atoms with Crippen LogP contribution in [0.25, 0.3) is 11.0 Å². The van der Waals surface area contributed by atoms with Crippen LogP contribution in [0.3, 0.4) is 0 Å². The average molecular weight is 409 g/mol. The highest BCUT2D eigenvalue weighted by molar-refractivity contribution is 5.82. The minimum Gasteiger partial charge on any atom is -0.478 e. The van der Waals surface area contributed by atoms with Gasteiger partial charge in [-0.1, -0.05) is 30.3 Å². The van der Waals surface area contributed by atoms with E-state index < -0.39 is 11.7 Å². The van der Waals surface area contributed by atoms with E-state index in [2.05, 4.69) is 4.98 Å². The summed E-state index contributed by atoms with van der Waals surface area (Å²) in [5.41, 5.74) is 0.244. The quantitative estimate of drug-likeness (QED) is 0.678. The third-order valence-corrected chi connectivity index (χ3v) is 5.63. The zero-order valence-electron chi connectivity index (χ0n) is 17.2. The maximum absolute atomic E-state index is 13.2. The number of nitrogens with zero attached hydrogens (tertiary/aromatic N) is 2. The SMILES string of the molecule is CC(C)(O)C(Oc1ccccc1)C(=O)N1CCC(n2c(=O)[nH]c3ccccc32)CC1. The number of aliphatic hydroxyl groups is 1. The Kier molecular flexibility index (Phi) is 5.39. The van der Waals surface area contributed by atoms with Gasteiger partial charge in [0, 0.05) is 19.1 Å². The summed E-state index contributed by atoms with van der Waals surface area (Å²) in [4.78, 5) is 30.3. The molecule has 1 aliphatic heterocycles. The number of nitrogens with one attached hydrogen (secondary N) is 1. The van der Waals surface area contributed by atoms with Gasteiger partial charge in [0.15, 0.2) is 0 Å². The van der Waals surface area contributed by atoms with E-state index in [1.165, 1.54) is 0 Å². The van der Waals surface area contributed by atoms with Gasteiger partial charge in [-0.3, -0.25) is 9.36 Å². The number of fused-ring (bicyclic) bond motifs is 1. The summed E-state index contributed by atoms with van der Waals surface area (Å²) in [5.74, 6) is 0.300. The number of aromatic amines is 1. The van der Waals surface area contributed by atoms with Crippen molar-refractivity contribution < 1.29 is 14.6 Å². The Hall–Kier alpha value is -3.06. The Morgan fingerprint density at radius 3 is 2.40 bits per heavy atom. The summed E-state index contributed by atoms with van der Waals surface area (Å²) in [7, 11) is 0. The number of imidazole rings is 1. The first-order valence-electron chi connectivity index (χ1n) is 10.3. The van der Waals surface area contributed by atoms with Crippen LogP contribution in [0.2, 0.25) is 0 Å². The minimum atomic E-state index is -1.34. The van der Waals surface area contributed by atoms with Gasteiger partial charge in [-0.25, -0.2) is 4.79 Å². The maximum atomic E-state index is 13.2. The first kappa shape index (κ1) is 20.2. The molecule has 0 aliphatic carbocycles. The van der Waals surface area contributed by atoms with Gasteiger partial charge in [-0.15, -0.1) is 0 Å². The van der Waals surface area contributed by atoms with Gasteiger partial charge in [0.25, 0.3) is 5.91 Å². The molecule has 1 amide bonds. The van der Waals surface area contributed by atoms with E-state index in [0.717, 1.165) is 11.0 Å². The summed E-state index contributed by atoms with van der Waals surface area (Å²) >= 11 is 0. The lowest BCUT2D eigenvalue weighted by molar-refractivity contribution is -0.151. The molecule has 30 heavy (non-hydrogen) atoms. The van der Waals surface area contributed by atoms with E-state index in [0.29, 0.717) is 31.7 Å². The number of hydrogen-bond donors (Lipinski definition) is 2. The van der Waals surface area contributed by atoms with Crippen LogP contribution in [0.5, 0.6) is 5.75 Å². The third kappa shape index (κ3) is 3.98. The normalized spacial score (nSPS) is 16.6. The molecule has 7 heteroatoms. The monoisotopic (exact) mass is 409 g/mol. The average Bonchev–Trinajstić information content (AvgIpc) is 3.07. The molecule has 0 saturated carbocycles. The molecule has 2 N–H and O–H groups in total. The molecule has 1 fully saturated rings. The van der Waals surface area contributed by atoms with Crippen LogP contribution in [-0.2, 0) is 4.79 Å². The molecule has 0 radical (unpaired) electrons. The van der Waals surface area contributed by atoms with Crippen LogP contribution in [0, 0.1) is 0 Å². The second kappa shape index (κ2) is 7.99. The number of amides is 1. The fourth-order valence-electron chi connectivity index (χ4n) is 4.08. The number of likely N-dealkylation sites (tertiary alicyclic amines) is 1. The van der Waals surface area contributed by atoms with Gasteiger partial charge in [0.1, 0.15) is 11.4 Å². The van der Waals surface area contributed by atoms with Gasteiger partial charge >= 0.3 is 5.69 Å². The predicted octanol–water partition coefficient (Wildman–Crippen LogP) is 2.71. The maximum Gasteiger partial charge on any atom is 0.326 e. The summed E-state index contributed by atoms with van der Waals surface area (Å²) in [6.07, 6.45) is 0.321. The number of H-pyrrole nitrogens is 1. The molecule has 2 heterocycles. The fraction of sp³-hybridized carbons (Fsp3) is 0.391. The molecule has 0 spiro atoms. The Bertz CT molecular complexity index is 1070. The molecule has 7 nitrogen and oxygen atoms in total. The van der Waals surface area contributed by atoms with E-state index >= 15 is 0 Å². The van der Waals surface area contributed by atoms with E-state index in [1.54, 1.807) is 35.4 Å². The topological polar surface area (TPSA) is 87.6 Å². The lowest BCUT2D eigenvalue weighted by Crippen LogP contribution is -2.54. The zero-order chi connectivity index (χ0) is 21.3. The van der Waals surface area contributed by atoms with Crippen molar-refractivity contribution >= 4 is 16.9 Å². The van der Waals surface area contributed by atoms with Crippen LogP contribution in [0.15, 0.2) is 59.4 Å². The molecule has 1 unspecified atom stereocenters. The van der Waals surface area contributed by atoms with Crippen molar-refractivity contribution in [2.75, 3.05) is 13.1 Å². The number of piperidine rings is 1. The number of benzene rings is 2. The number of rotatable bonds is 5. The van der Waals surface area contributed by atoms with Crippen molar-refractivity contribution in [3.8, 4) is 5.75 Å². The van der Waals surface area contributed by atoms with Gasteiger partial charge in [0.05, 0.1) is 11.0 Å². The number of ether oxygens (including phenoxy) is 1. The lowest BCUT2D eigenvalue weighted by atomic mass is 9.98. The molecular weight excluding hydrogens is 382 g/mol. The summed E-state index contributed by atoms with van der Waals surface area (Å²) < 4.78 is 7.67. The number of hydrogen-bond acceptors (Lipinski definition) is 4. The highest BCUT2D eigenvalue weighted by atomic mass is 16.5. The van der Waals surface area contributed by atoms with Crippen molar-refractivity contribution in [3.63, 3.8) is 0 Å². The van der Waals surface area contributed by atoms with Crippen LogP contribution in [0.4, 0.5) is 0 Å². The molecule has 1 aliphatic rings. The first-order chi connectivity index (χ1) is 14.3. The van der Waals surface area contributed by atoms with E-state index in [-0.39, 0.29) is 17.6 Å². The van der Waals surface area contributed by atoms with Crippen LogP contribution < -0.4 is 10.4 Å². The van der Waals surface area contributed by atoms with E-state index in [9.17, 15) is 14.7 Å².